The molecule has 72 valence electrons. The Bertz CT molecular complexity index is 463. The van der Waals surface area contributed by atoms with Crippen LogP contribution < -0.4 is 11.1 Å². The van der Waals surface area contributed by atoms with E-state index >= 15 is 0 Å². The second-order valence-electron chi connectivity index (χ2n) is 2.89. The number of nitrogens with zero attached hydrogens (tertiary/aromatic N) is 1. The van der Waals surface area contributed by atoms with Gasteiger partial charge in [-0.05, 0) is 6.07 Å². The largest absolute Gasteiger partial charge is 0.323 e. The number of carbonyl (C=O) groups excluding carboxylic acids is 1. The molecule has 0 spiro atoms. The van der Waals surface area contributed by atoms with Gasteiger partial charge in [-0.3, -0.25) is 9.89 Å². The number of rotatable bonds is 2. The maximum Gasteiger partial charge on any atom is 0.238 e. The predicted octanol–water partition coefficient (Wildman–Crippen LogP) is 0.460. The summed E-state index contributed by atoms with van der Waals surface area (Å²) >= 11 is 0. The van der Waals surface area contributed by atoms with E-state index in [1.165, 1.54) is 0 Å². The number of fused-ring (bicyclic) bond motifs is 1. The third kappa shape index (κ3) is 1.45. The third-order valence-corrected chi connectivity index (χ3v) is 1.94. The number of amides is 1. The Morgan fingerprint density at radius 3 is 3.21 bits per heavy atom. The van der Waals surface area contributed by atoms with Crippen LogP contribution in [-0.4, -0.2) is 22.6 Å². The maximum atomic E-state index is 11.1. The minimum absolute atomic E-state index is 0.0233. The molecule has 0 radical (unpaired) electrons. The molecular weight excluding hydrogens is 180 g/mol. The molecule has 14 heavy (non-hydrogen) atoms. The van der Waals surface area contributed by atoms with Gasteiger partial charge in [0, 0.05) is 5.39 Å². The summed E-state index contributed by atoms with van der Waals surface area (Å²) in [7, 11) is 0. The van der Waals surface area contributed by atoms with Crippen LogP contribution in [0.4, 0.5) is 5.69 Å². The first-order chi connectivity index (χ1) is 6.81. The van der Waals surface area contributed by atoms with Crippen molar-refractivity contribution in [1.29, 1.82) is 0 Å². The summed E-state index contributed by atoms with van der Waals surface area (Å²) in [5.74, 6) is -0.216. The van der Waals surface area contributed by atoms with E-state index in [2.05, 4.69) is 15.5 Å². The van der Waals surface area contributed by atoms with Crippen molar-refractivity contribution >= 4 is 22.5 Å². The Morgan fingerprint density at radius 1 is 1.57 bits per heavy atom. The Hall–Kier alpha value is -1.88. The molecule has 1 heterocycles. The highest BCUT2D eigenvalue weighted by Crippen LogP contribution is 2.19. The van der Waals surface area contributed by atoms with Crippen molar-refractivity contribution < 1.29 is 4.79 Å². The van der Waals surface area contributed by atoms with Crippen LogP contribution in [0.15, 0.2) is 24.4 Å². The van der Waals surface area contributed by atoms with Gasteiger partial charge in [-0.2, -0.15) is 5.10 Å². The standard InChI is InChI=1S/C9H10N4O/c10-4-8(14)12-7-3-1-2-6-5-11-13-9(6)7/h1-3,5H,4,10H2,(H,11,13)(H,12,14). The van der Waals surface area contributed by atoms with Gasteiger partial charge in [0.2, 0.25) is 5.91 Å². The lowest BCUT2D eigenvalue weighted by atomic mass is 10.2. The molecule has 4 N–H and O–H groups in total. The van der Waals surface area contributed by atoms with E-state index in [0.717, 1.165) is 10.9 Å². The molecule has 2 aromatic rings. The fourth-order valence-corrected chi connectivity index (χ4v) is 1.27. The van der Waals surface area contributed by atoms with Gasteiger partial charge >= 0.3 is 0 Å². The van der Waals surface area contributed by atoms with E-state index in [1.807, 2.05) is 12.1 Å². The van der Waals surface area contributed by atoms with E-state index in [0.29, 0.717) is 5.69 Å². The van der Waals surface area contributed by atoms with Gasteiger partial charge in [-0.15, -0.1) is 0 Å². The molecule has 2 rings (SSSR count). The lowest BCUT2D eigenvalue weighted by molar-refractivity contribution is -0.114. The van der Waals surface area contributed by atoms with Crippen LogP contribution in [0.1, 0.15) is 0 Å². The molecule has 5 nitrogen and oxygen atoms in total. The van der Waals surface area contributed by atoms with Crippen molar-refractivity contribution in [2.75, 3.05) is 11.9 Å². The fraction of sp³-hybridized carbons (Fsp3) is 0.111. The lowest BCUT2D eigenvalue weighted by Gasteiger charge is -2.03. The number of benzene rings is 1. The molecule has 0 bridgehead atoms. The maximum absolute atomic E-state index is 11.1. The van der Waals surface area contributed by atoms with Gasteiger partial charge in [0.25, 0.3) is 0 Å². The highest BCUT2D eigenvalue weighted by atomic mass is 16.1. The number of nitrogens with one attached hydrogen (secondary N) is 2. The molecule has 1 aromatic carbocycles. The molecular formula is C9H10N4O. The Balaban J connectivity index is 2.41. The number of carbonyl (C=O) groups is 1. The van der Waals surface area contributed by atoms with Crippen LogP contribution in [0.3, 0.4) is 0 Å². The van der Waals surface area contributed by atoms with Crippen LogP contribution in [0.2, 0.25) is 0 Å². The first-order valence-corrected chi connectivity index (χ1v) is 4.23. The molecule has 1 aromatic heterocycles. The van der Waals surface area contributed by atoms with Gasteiger partial charge in [0.15, 0.2) is 0 Å². The van der Waals surface area contributed by atoms with E-state index in [9.17, 15) is 4.79 Å². The Kier molecular flexibility index (Phi) is 2.16. The number of aromatic amines is 1. The molecule has 0 saturated carbocycles. The molecule has 0 atom stereocenters. The average molecular weight is 190 g/mol. The zero-order valence-corrected chi connectivity index (χ0v) is 7.45. The van der Waals surface area contributed by atoms with E-state index in [-0.39, 0.29) is 12.5 Å². The van der Waals surface area contributed by atoms with Crippen molar-refractivity contribution in [2.24, 2.45) is 5.73 Å². The highest BCUT2D eigenvalue weighted by Gasteiger charge is 2.04. The Morgan fingerprint density at radius 2 is 2.43 bits per heavy atom. The number of H-pyrrole nitrogens is 1. The lowest BCUT2D eigenvalue weighted by Crippen LogP contribution is -2.21. The molecule has 0 unspecified atom stereocenters. The minimum Gasteiger partial charge on any atom is -0.323 e. The van der Waals surface area contributed by atoms with Crippen LogP contribution in [0.5, 0.6) is 0 Å². The second-order valence-corrected chi connectivity index (χ2v) is 2.89. The third-order valence-electron chi connectivity index (χ3n) is 1.94. The highest BCUT2D eigenvalue weighted by molar-refractivity contribution is 6.00. The quantitative estimate of drug-likeness (QED) is 0.643. The van der Waals surface area contributed by atoms with Crippen LogP contribution >= 0.6 is 0 Å². The van der Waals surface area contributed by atoms with E-state index in [4.69, 9.17) is 5.73 Å². The summed E-state index contributed by atoms with van der Waals surface area (Å²) in [5, 5.41) is 10.3. The number of aromatic nitrogens is 2. The molecule has 0 aliphatic rings. The average Bonchev–Trinajstić information content (AvgIpc) is 2.66. The van der Waals surface area contributed by atoms with Gasteiger partial charge in [-0.1, -0.05) is 12.1 Å². The number of para-hydroxylation sites is 1. The minimum atomic E-state index is -0.216. The number of hydrogen-bond acceptors (Lipinski definition) is 3. The smallest absolute Gasteiger partial charge is 0.238 e. The predicted molar refractivity (Wildman–Crippen MR) is 53.8 cm³/mol. The topological polar surface area (TPSA) is 83.8 Å². The number of anilines is 1. The molecule has 0 aliphatic carbocycles. The zero-order valence-electron chi connectivity index (χ0n) is 7.45. The first-order valence-electron chi connectivity index (χ1n) is 4.23. The van der Waals surface area contributed by atoms with Gasteiger partial charge < -0.3 is 11.1 Å². The Labute approximate surface area is 80.3 Å². The molecule has 5 heteroatoms. The van der Waals surface area contributed by atoms with Crippen LogP contribution in [0, 0.1) is 0 Å². The summed E-state index contributed by atoms with van der Waals surface area (Å²) in [6, 6.07) is 5.56. The van der Waals surface area contributed by atoms with Gasteiger partial charge in [-0.25, -0.2) is 0 Å². The van der Waals surface area contributed by atoms with Gasteiger partial charge in [0.05, 0.1) is 23.9 Å². The van der Waals surface area contributed by atoms with Gasteiger partial charge in [0.1, 0.15) is 0 Å². The summed E-state index contributed by atoms with van der Waals surface area (Å²) in [5.41, 5.74) is 6.72. The second kappa shape index (κ2) is 3.47. The van der Waals surface area contributed by atoms with Crippen molar-refractivity contribution in [1.82, 2.24) is 10.2 Å². The van der Waals surface area contributed by atoms with Crippen LogP contribution in [0.25, 0.3) is 10.9 Å². The van der Waals surface area contributed by atoms with Crippen LogP contribution in [-0.2, 0) is 4.79 Å². The summed E-state index contributed by atoms with van der Waals surface area (Å²) in [4.78, 5) is 11.1. The number of hydrogen-bond donors (Lipinski definition) is 3. The molecule has 0 fully saturated rings. The van der Waals surface area contributed by atoms with Crippen molar-refractivity contribution in [3.63, 3.8) is 0 Å². The molecule has 0 aliphatic heterocycles. The fourth-order valence-electron chi connectivity index (χ4n) is 1.27. The van der Waals surface area contributed by atoms with Crippen molar-refractivity contribution in [3.8, 4) is 0 Å². The zero-order chi connectivity index (χ0) is 9.97. The van der Waals surface area contributed by atoms with Crippen molar-refractivity contribution in [3.05, 3.63) is 24.4 Å². The number of nitrogens with two attached hydrogens (primary N) is 1. The van der Waals surface area contributed by atoms with Crippen molar-refractivity contribution in [2.45, 2.75) is 0 Å². The monoisotopic (exact) mass is 190 g/mol. The SMILES string of the molecule is NCC(=O)Nc1cccc2cn[nH]c12. The van der Waals surface area contributed by atoms with E-state index < -0.39 is 0 Å². The summed E-state index contributed by atoms with van der Waals surface area (Å²) < 4.78 is 0. The normalized spacial score (nSPS) is 10.4. The summed E-state index contributed by atoms with van der Waals surface area (Å²) in [6.07, 6.45) is 1.70. The van der Waals surface area contributed by atoms with E-state index in [1.54, 1.807) is 12.3 Å². The molecule has 0 saturated heterocycles. The summed E-state index contributed by atoms with van der Waals surface area (Å²) in [6.45, 7) is -0.0233. The first kappa shape index (κ1) is 8.71. The molecule has 1 amide bonds.